The number of rotatable bonds is 1. The van der Waals surface area contributed by atoms with Crippen LogP contribution in [0.3, 0.4) is 0 Å². The lowest BCUT2D eigenvalue weighted by molar-refractivity contribution is 0.411. The van der Waals surface area contributed by atoms with Gasteiger partial charge in [-0.2, -0.15) is 0 Å². The van der Waals surface area contributed by atoms with Gasteiger partial charge in [0.1, 0.15) is 0 Å². The first-order valence-electron chi connectivity index (χ1n) is 4.63. The molecule has 0 bridgehead atoms. The fourth-order valence-electron chi connectivity index (χ4n) is 1.61. The Morgan fingerprint density at radius 3 is 2.50 bits per heavy atom. The molecule has 0 amide bonds. The van der Waals surface area contributed by atoms with E-state index in [4.69, 9.17) is 0 Å². The third-order valence-electron chi connectivity index (χ3n) is 2.29. The Morgan fingerprint density at radius 1 is 1.14 bits per heavy atom. The van der Waals surface area contributed by atoms with E-state index >= 15 is 0 Å². The van der Waals surface area contributed by atoms with Crippen LogP contribution in [-0.4, -0.2) is 5.11 Å². The Balaban J connectivity index is 2.44. The number of aliphatic hydroxyl groups is 1. The Bertz CT molecular complexity index is 418. The number of allylic oxidation sites excluding steroid dienone is 6. The van der Waals surface area contributed by atoms with Crippen molar-refractivity contribution in [3.8, 4) is 0 Å². The first-order chi connectivity index (χ1) is 6.79. The van der Waals surface area contributed by atoms with Gasteiger partial charge in [0.25, 0.3) is 0 Å². The van der Waals surface area contributed by atoms with Crippen molar-refractivity contribution in [1.29, 1.82) is 0 Å². The van der Waals surface area contributed by atoms with Gasteiger partial charge in [-0.15, -0.1) is 0 Å². The smallest absolute Gasteiger partial charge is 0.0970 e. The summed E-state index contributed by atoms with van der Waals surface area (Å²) in [6.07, 6.45) is 5.90. The molecule has 1 nitrogen and oxygen atoms in total. The number of benzene rings is 1. The minimum absolute atomic E-state index is 0.369. The van der Waals surface area contributed by atoms with Gasteiger partial charge in [-0.1, -0.05) is 48.6 Å². The predicted octanol–water partition coefficient (Wildman–Crippen LogP) is 3.47. The van der Waals surface area contributed by atoms with Gasteiger partial charge in [0.05, 0.1) is 5.76 Å². The highest BCUT2D eigenvalue weighted by molar-refractivity contribution is 5.86. The van der Waals surface area contributed by atoms with Crippen molar-refractivity contribution in [1.82, 2.24) is 0 Å². The largest absolute Gasteiger partial charge is 0.512 e. The Kier molecular flexibility index (Phi) is 2.23. The zero-order valence-corrected chi connectivity index (χ0v) is 8.07. The Hall–Kier alpha value is -1.76. The summed E-state index contributed by atoms with van der Waals surface area (Å²) >= 11 is 0. The quantitative estimate of drug-likeness (QED) is 0.662. The predicted molar refractivity (Wildman–Crippen MR) is 58.9 cm³/mol. The van der Waals surface area contributed by atoms with Crippen molar-refractivity contribution in [3.63, 3.8) is 0 Å². The lowest BCUT2D eigenvalue weighted by Gasteiger charge is -2.05. The van der Waals surface area contributed by atoms with Crippen LogP contribution >= 0.6 is 0 Å². The highest BCUT2D eigenvalue weighted by atomic mass is 16.3. The summed E-state index contributed by atoms with van der Waals surface area (Å²) in [7, 11) is 0. The summed E-state index contributed by atoms with van der Waals surface area (Å²) in [4.78, 5) is 0. The van der Waals surface area contributed by atoms with Crippen LogP contribution in [0.1, 0.15) is 12.5 Å². The van der Waals surface area contributed by atoms with Gasteiger partial charge < -0.3 is 5.11 Å². The second kappa shape index (κ2) is 3.54. The molecule has 2 rings (SSSR count). The maximum Gasteiger partial charge on any atom is 0.0970 e. The minimum Gasteiger partial charge on any atom is -0.512 e. The molecule has 1 aliphatic carbocycles. The van der Waals surface area contributed by atoms with E-state index < -0.39 is 0 Å². The van der Waals surface area contributed by atoms with E-state index in [9.17, 15) is 5.11 Å². The summed E-state index contributed by atoms with van der Waals surface area (Å²) < 4.78 is 0. The molecular formula is C13H12O. The standard InChI is InChI=1S/C13H12O/c1-10(14)12-8-5-9-13(12)11-6-3-2-4-7-11/h2-9,14H,1H3/b12-10+. The van der Waals surface area contributed by atoms with Crippen LogP contribution in [0.2, 0.25) is 0 Å². The average Bonchev–Trinajstić information content (AvgIpc) is 2.67. The van der Waals surface area contributed by atoms with E-state index in [-0.39, 0.29) is 0 Å². The second-order valence-corrected chi connectivity index (χ2v) is 3.30. The zero-order valence-electron chi connectivity index (χ0n) is 8.07. The molecule has 0 unspecified atom stereocenters. The van der Waals surface area contributed by atoms with Crippen LogP contribution in [-0.2, 0) is 0 Å². The third kappa shape index (κ3) is 1.49. The number of aliphatic hydroxyl groups excluding tert-OH is 1. The minimum atomic E-state index is 0.369. The summed E-state index contributed by atoms with van der Waals surface area (Å²) in [5, 5.41) is 9.47. The highest BCUT2D eigenvalue weighted by Crippen LogP contribution is 2.29. The van der Waals surface area contributed by atoms with Crippen LogP contribution in [0.4, 0.5) is 0 Å². The highest BCUT2D eigenvalue weighted by Gasteiger charge is 2.10. The molecule has 70 valence electrons. The van der Waals surface area contributed by atoms with Gasteiger partial charge in [-0.3, -0.25) is 0 Å². The summed E-state index contributed by atoms with van der Waals surface area (Å²) in [5.74, 6) is 0.369. The van der Waals surface area contributed by atoms with Crippen LogP contribution < -0.4 is 0 Å². The molecule has 0 aliphatic heterocycles. The van der Waals surface area contributed by atoms with Gasteiger partial charge in [-0.05, 0) is 18.1 Å². The third-order valence-corrected chi connectivity index (χ3v) is 2.29. The zero-order chi connectivity index (χ0) is 9.97. The van der Waals surface area contributed by atoms with E-state index in [0.717, 1.165) is 16.7 Å². The molecule has 1 aliphatic rings. The SMILES string of the molecule is C/C(O)=C1/C=CC=C1c1ccccc1. The summed E-state index contributed by atoms with van der Waals surface area (Å²) in [5.41, 5.74) is 3.14. The molecule has 0 fully saturated rings. The van der Waals surface area contributed by atoms with Crippen molar-refractivity contribution in [3.05, 3.63) is 65.5 Å². The molecule has 1 aromatic rings. The fraction of sp³-hybridized carbons (Fsp3) is 0.0769. The Labute approximate surface area is 83.7 Å². The topological polar surface area (TPSA) is 20.2 Å². The summed E-state index contributed by atoms with van der Waals surface area (Å²) in [6, 6.07) is 10.1. The average molecular weight is 184 g/mol. The second-order valence-electron chi connectivity index (χ2n) is 3.30. The first-order valence-corrected chi connectivity index (χ1v) is 4.63. The molecule has 0 radical (unpaired) electrons. The monoisotopic (exact) mass is 184 g/mol. The number of hydrogen-bond acceptors (Lipinski definition) is 1. The van der Waals surface area contributed by atoms with Crippen molar-refractivity contribution in [2.45, 2.75) is 6.92 Å². The van der Waals surface area contributed by atoms with E-state index in [0.29, 0.717) is 5.76 Å². The van der Waals surface area contributed by atoms with Crippen molar-refractivity contribution < 1.29 is 5.11 Å². The van der Waals surface area contributed by atoms with Gasteiger partial charge >= 0.3 is 0 Å². The maximum atomic E-state index is 9.47. The first kappa shape index (κ1) is 8.82. The molecule has 0 spiro atoms. The lowest BCUT2D eigenvalue weighted by atomic mass is 10.0. The molecule has 0 saturated heterocycles. The van der Waals surface area contributed by atoms with Crippen molar-refractivity contribution in [2.75, 3.05) is 0 Å². The van der Waals surface area contributed by atoms with E-state index in [1.165, 1.54) is 0 Å². The normalized spacial score (nSPS) is 18.2. The van der Waals surface area contributed by atoms with Gasteiger partial charge in [0, 0.05) is 5.57 Å². The van der Waals surface area contributed by atoms with Crippen molar-refractivity contribution in [2.24, 2.45) is 0 Å². The fourth-order valence-corrected chi connectivity index (χ4v) is 1.61. The molecular weight excluding hydrogens is 172 g/mol. The molecule has 0 atom stereocenters. The molecule has 14 heavy (non-hydrogen) atoms. The van der Waals surface area contributed by atoms with Crippen molar-refractivity contribution >= 4 is 5.57 Å². The van der Waals surface area contributed by atoms with E-state index in [1.807, 2.05) is 48.6 Å². The summed E-state index contributed by atoms with van der Waals surface area (Å²) in [6.45, 7) is 1.71. The molecule has 1 N–H and O–H groups in total. The molecule has 1 aromatic carbocycles. The molecule has 0 saturated carbocycles. The van der Waals surface area contributed by atoms with Crippen LogP contribution in [0.15, 0.2) is 59.9 Å². The van der Waals surface area contributed by atoms with Gasteiger partial charge in [0.15, 0.2) is 0 Å². The lowest BCUT2D eigenvalue weighted by Crippen LogP contribution is -1.87. The van der Waals surface area contributed by atoms with Crippen LogP contribution in [0.5, 0.6) is 0 Å². The molecule has 0 heterocycles. The molecule has 0 aromatic heterocycles. The van der Waals surface area contributed by atoms with Crippen LogP contribution in [0.25, 0.3) is 5.57 Å². The van der Waals surface area contributed by atoms with Crippen LogP contribution in [0, 0.1) is 0 Å². The van der Waals surface area contributed by atoms with E-state index in [1.54, 1.807) is 6.92 Å². The number of hydrogen-bond donors (Lipinski definition) is 1. The van der Waals surface area contributed by atoms with Gasteiger partial charge in [0.2, 0.25) is 0 Å². The maximum absolute atomic E-state index is 9.47. The van der Waals surface area contributed by atoms with E-state index in [2.05, 4.69) is 0 Å². The van der Waals surface area contributed by atoms with Gasteiger partial charge in [-0.25, -0.2) is 0 Å². The Morgan fingerprint density at radius 2 is 1.86 bits per heavy atom. The molecule has 1 heteroatoms.